The third-order valence-corrected chi connectivity index (χ3v) is 3.12. The summed E-state index contributed by atoms with van der Waals surface area (Å²) in [5, 5.41) is 19.2. The first-order valence-corrected chi connectivity index (χ1v) is 5.59. The Morgan fingerprint density at radius 2 is 2.00 bits per heavy atom. The van der Waals surface area contributed by atoms with Crippen LogP contribution in [0.5, 0.6) is 0 Å². The van der Waals surface area contributed by atoms with Gasteiger partial charge in [0, 0.05) is 5.41 Å². The smallest absolute Gasteiger partial charge is 0.0653 e. The molecule has 2 atom stereocenters. The highest BCUT2D eigenvalue weighted by Crippen LogP contribution is 2.25. The van der Waals surface area contributed by atoms with E-state index in [0.29, 0.717) is 6.42 Å². The van der Waals surface area contributed by atoms with Gasteiger partial charge in [0.15, 0.2) is 0 Å². The van der Waals surface area contributed by atoms with Crippen LogP contribution in [0.25, 0.3) is 0 Å². The zero-order chi connectivity index (χ0) is 12.0. The Kier molecular flexibility index (Phi) is 4.71. The highest BCUT2D eigenvalue weighted by Gasteiger charge is 2.28. The normalized spacial score (nSPS) is 16.4. The van der Waals surface area contributed by atoms with Crippen molar-refractivity contribution < 1.29 is 10.2 Å². The topological polar surface area (TPSA) is 40.5 Å². The molecule has 0 radical (unpaired) electrons. The molecule has 0 aliphatic rings. The SMILES string of the molecule is C=C[C@@](C)(CO)C(O)CCc1ccccc1. The quantitative estimate of drug-likeness (QED) is 0.721. The van der Waals surface area contributed by atoms with Gasteiger partial charge in [0.05, 0.1) is 12.7 Å². The van der Waals surface area contributed by atoms with E-state index < -0.39 is 11.5 Å². The molecular weight excluding hydrogens is 200 g/mol. The Bertz CT molecular complexity index is 321. The summed E-state index contributed by atoms with van der Waals surface area (Å²) in [4.78, 5) is 0. The fourth-order valence-corrected chi connectivity index (χ4v) is 1.58. The van der Waals surface area contributed by atoms with Gasteiger partial charge in [-0.15, -0.1) is 6.58 Å². The van der Waals surface area contributed by atoms with Gasteiger partial charge >= 0.3 is 0 Å². The second kappa shape index (κ2) is 5.83. The fourth-order valence-electron chi connectivity index (χ4n) is 1.58. The van der Waals surface area contributed by atoms with Gasteiger partial charge in [0.25, 0.3) is 0 Å². The van der Waals surface area contributed by atoms with Gasteiger partial charge in [-0.05, 0) is 18.4 Å². The van der Waals surface area contributed by atoms with Crippen molar-refractivity contribution in [2.24, 2.45) is 5.41 Å². The van der Waals surface area contributed by atoms with Crippen LogP contribution < -0.4 is 0 Å². The minimum absolute atomic E-state index is 0.0769. The second-order valence-electron chi connectivity index (χ2n) is 4.41. The highest BCUT2D eigenvalue weighted by atomic mass is 16.3. The van der Waals surface area contributed by atoms with Gasteiger partial charge in [-0.1, -0.05) is 43.3 Å². The van der Waals surface area contributed by atoms with Crippen LogP contribution >= 0.6 is 0 Å². The number of hydrogen-bond acceptors (Lipinski definition) is 2. The average Bonchev–Trinajstić information content (AvgIpc) is 2.36. The van der Waals surface area contributed by atoms with Crippen molar-refractivity contribution >= 4 is 0 Å². The van der Waals surface area contributed by atoms with Crippen molar-refractivity contribution in [1.82, 2.24) is 0 Å². The van der Waals surface area contributed by atoms with Crippen molar-refractivity contribution in [2.45, 2.75) is 25.9 Å². The van der Waals surface area contributed by atoms with E-state index in [4.69, 9.17) is 0 Å². The average molecular weight is 220 g/mol. The molecule has 1 aromatic rings. The molecule has 0 amide bonds. The van der Waals surface area contributed by atoms with Crippen LogP contribution in [0.3, 0.4) is 0 Å². The summed E-state index contributed by atoms with van der Waals surface area (Å²) in [6.07, 6.45) is 2.51. The zero-order valence-electron chi connectivity index (χ0n) is 9.76. The number of aryl methyl sites for hydroxylation is 1. The summed E-state index contributed by atoms with van der Waals surface area (Å²) in [7, 11) is 0. The molecule has 0 bridgehead atoms. The Hall–Kier alpha value is -1.12. The molecule has 0 heterocycles. The maximum absolute atomic E-state index is 10.00. The van der Waals surface area contributed by atoms with Gasteiger partial charge in [0.1, 0.15) is 0 Å². The van der Waals surface area contributed by atoms with Crippen LogP contribution in [-0.4, -0.2) is 22.9 Å². The van der Waals surface area contributed by atoms with E-state index in [1.807, 2.05) is 37.3 Å². The number of hydrogen-bond donors (Lipinski definition) is 2. The molecule has 1 rings (SSSR count). The lowest BCUT2D eigenvalue weighted by atomic mass is 9.82. The van der Waals surface area contributed by atoms with Crippen molar-refractivity contribution in [3.63, 3.8) is 0 Å². The van der Waals surface area contributed by atoms with Crippen molar-refractivity contribution in [3.05, 3.63) is 48.6 Å². The third kappa shape index (κ3) is 3.19. The van der Waals surface area contributed by atoms with Crippen molar-refractivity contribution in [2.75, 3.05) is 6.61 Å². The summed E-state index contributed by atoms with van der Waals surface area (Å²) in [6, 6.07) is 10.0. The number of rotatable bonds is 6. The minimum Gasteiger partial charge on any atom is -0.395 e. The van der Waals surface area contributed by atoms with Crippen LogP contribution in [-0.2, 0) is 6.42 Å². The minimum atomic E-state index is -0.602. The molecule has 0 saturated carbocycles. The van der Waals surface area contributed by atoms with E-state index in [2.05, 4.69) is 6.58 Å². The zero-order valence-corrected chi connectivity index (χ0v) is 9.76. The van der Waals surface area contributed by atoms with Crippen LogP contribution in [0.1, 0.15) is 18.9 Å². The van der Waals surface area contributed by atoms with E-state index in [0.717, 1.165) is 6.42 Å². The summed E-state index contributed by atoms with van der Waals surface area (Å²) in [5.74, 6) is 0. The van der Waals surface area contributed by atoms with Gasteiger partial charge < -0.3 is 10.2 Å². The molecule has 0 aromatic heterocycles. The van der Waals surface area contributed by atoms with E-state index in [1.54, 1.807) is 6.08 Å². The fraction of sp³-hybridized carbons (Fsp3) is 0.429. The highest BCUT2D eigenvalue weighted by molar-refractivity contribution is 5.15. The van der Waals surface area contributed by atoms with Crippen molar-refractivity contribution in [3.8, 4) is 0 Å². The van der Waals surface area contributed by atoms with E-state index in [9.17, 15) is 10.2 Å². The molecule has 0 saturated heterocycles. The Morgan fingerprint density at radius 1 is 1.38 bits per heavy atom. The molecule has 0 aliphatic heterocycles. The maximum Gasteiger partial charge on any atom is 0.0653 e. The number of benzene rings is 1. The first-order chi connectivity index (χ1) is 7.62. The maximum atomic E-state index is 10.00. The molecule has 2 heteroatoms. The largest absolute Gasteiger partial charge is 0.395 e. The number of aliphatic hydroxyl groups excluding tert-OH is 2. The molecule has 1 aromatic carbocycles. The number of aliphatic hydroxyl groups is 2. The van der Waals surface area contributed by atoms with Gasteiger partial charge in [-0.25, -0.2) is 0 Å². The summed E-state index contributed by atoms with van der Waals surface area (Å²) in [5.41, 5.74) is 0.598. The summed E-state index contributed by atoms with van der Waals surface area (Å²) >= 11 is 0. The molecule has 88 valence electrons. The lowest BCUT2D eigenvalue weighted by molar-refractivity contribution is 0.0229. The predicted octanol–water partition coefficient (Wildman–Crippen LogP) is 2.16. The summed E-state index contributed by atoms with van der Waals surface area (Å²) < 4.78 is 0. The third-order valence-electron chi connectivity index (χ3n) is 3.12. The predicted molar refractivity (Wildman–Crippen MR) is 66.2 cm³/mol. The Balaban J connectivity index is 2.52. The van der Waals surface area contributed by atoms with Crippen LogP contribution in [0.4, 0.5) is 0 Å². The lowest BCUT2D eigenvalue weighted by Gasteiger charge is -2.29. The Morgan fingerprint density at radius 3 is 2.50 bits per heavy atom. The molecule has 2 N–H and O–H groups in total. The lowest BCUT2D eigenvalue weighted by Crippen LogP contribution is -2.34. The molecular formula is C14H20O2. The van der Waals surface area contributed by atoms with Gasteiger partial charge in [-0.2, -0.15) is 0 Å². The van der Waals surface area contributed by atoms with Crippen LogP contribution in [0, 0.1) is 5.41 Å². The first-order valence-electron chi connectivity index (χ1n) is 5.59. The van der Waals surface area contributed by atoms with E-state index >= 15 is 0 Å². The molecule has 0 spiro atoms. The molecule has 0 fully saturated rings. The van der Waals surface area contributed by atoms with E-state index in [-0.39, 0.29) is 6.61 Å². The molecule has 2 nitrogen and oxygen atoms in total. The standard InChI is InChI=1S/C14H20O2/c1-3-14(2,11-15)13(16)10-9-12-7-5-4-6-8-12/h3-8,13,15-16H,1,9-11H2,2H3/t13?,14-/m0/s1. The first kappa shape index (κ1) is 12.9. The Labute approximate surface area is 97.2 Å². The van der Waals surface area contributed by atoms with Gasteiger partial charge in [-0.3, -0.25) is 0 Å². The monoisotopic (exact) mass is 220 g/mol. The van der Waals surface area contributed by atoms with E-state index in [1.165, 1.54) is 5.56 Å². The second-order valence-corrected chi connectivity index (χ2v) is 4.41. The van der Waals surface area contributed by atoms with Gasteiger partial charge in [0.2, 0.25) is 0 Å². The molecule has 16 heavy (non-hydrogen) atoms. The molecule has 0 aliphatic carbocycles. The molecule has 1 unspecified atom stereocenters. The van der Waals surface area contributed by atoms with Crippen molar-refractivity contribution in [1.29, 1.82) is 0 Å². The summed E-state index contributed by atoms with van der Waals surface area (Å²) in [6.45, 7) is 5.40. The van der Waals surface area contributed by atoms with Crippen LogP contribution in [0.15, 0.2) is 43.0 Å². The van der Waals surface area contributed by atoms with Crippen LogP contribution in [0.2, 0.25) is 0 Å².